The molecule has 18 heteroatoms. The third kappa shape index (κ3) is 5.78. The van der Waals surface area contributed by atoms with E-state index in [1.54, 1.807) is 33.2 Å². The Balaban J connectivity index is 3.54. The van der Waals surface area contributed by atoms with Gasteiger partial charge in [-0.25, -0.2) is 13.9 Å². The number of carbonyl (C=O) groups is 1. The Labute approximate surface area is 178 Å². The lowest BCUT2D eigenvalue weighted by Crippen LogP contribution is -2.50. The van der Waals surface area contributed by atoms with Crippen LogP contribution < -0.4 is 9.88 Å². The normalized spacial score (nSPS) is 13.0. The lowest BCUT2D eigenvalue weighted by Gasteiger charge is -2.15. The summed E-state index contributed by atoms with van der Waals surface area (Å²) in [7, 11) is -14.5. The van der Waals surface area contributed by atoms with E-state index in [-0.39, 0.29) is 13.0 Å². The quantitative estimate of drug-likeness (QED) is 0.122. The summed E-state index contributed by atoms with van der Waals surface area (Å²) in [4.78, 5) is 11.1. The second-order valence-corrected chi connectivity index (χ2v) is 9.78. The smallest absolute Gasteiger partial charge is 0.477 e. The fourth-order valence-electron chi connectivity index (χ4n) is 2.17. The van der Waals surface area contributed by atoms with Gasteiger partial charge in [-0.1, -0.05) is 6.58 Å². The standard InChI is InChI=1S/C14H16F6N4O6S2/c1-3-22-7-8-23(9-22)6-4-5-21-11(10(2)12(25)26)24(31(27,28)13(15,16)17)32(29,30)14(18,19)20/h7-9H,2-6H2,1H3/p+2. The van der Waals surface area contributed by atoms with E-state index < -0.39 is 58.4 Å². The highest BCUT2D eigenvalue weighted by Gasteiger charge is 2.64. The summed E-state index contributed by atoms with van der Waals surface area (Å²) in [6.45, 7) is 4.63. The van der Waals surface area contributed by atoms with Crippen molar-refractivity contribution in [2.45, 2.75) is 37.5 Å². The SMILES string of the molecule is C=C(C(=O)O)C(NCCC[n+]1ccn(CC)c1)=[N+](S(=O)(=O)C(F)(F)F)S(=O)(=O)C(F)(F)F. The van der Waals surface area contributed by atoms with E-state index in [4.69, 9.17) is 5.11 Å². The van der Waals surface area contributed by atoms with Crippen LogP contribution in [0.25, 0.3) is 0 Å². The zero-order valence-corrected chi connectivity index (χ0v) is 17.8. The van der Waals surface area contributed by atoms with E-state index in [2.05, 4.69) is 6.58 Å². The van der Waals surface area contributed by atoms with Gasteiger partial charge in [-0.2, -0.15) is 43.2 Å². The molecule has 0 bridgehead atoms. The number of carboxylic acids is 1. The predicted octanol–water partition coefficient (Wildman–Crippen LogP) is 0.526. The van der Waals surface area contributed by atoms with Gasteiger partial charge < -0.3 is 5.11 Å². The van der Waals surface area contributed by atoms with Gasteiger partial charge in [0.2, 0.25) is 6.33 Å². The highest BCUT2D eigenvalue weighted by Crippen LogP contribution is 2.32. The molecule has 0 saturated carbocycles. The summed E-state index contributed by atoms with van der Waals surface area (Å²) < 4.78 is 126. The molecule has 32 heavy (non-hydrogen) atoms. The van der Waals surface area contributed by atoms with E-state index in [0.29, 0.717) is 6.54 Å². The average Bonchev–Trinajstić information content (AvgIpc) is 3.09. The van der Waals surface area contributed by atoms with Crippen molar-refractivity contribution in [1.82, 2.24) is 9.88 Å². The van der Waals surface area contributed by atoms with Crippen LogP contribution in [0.3, 0.4) is 0 Å². The molecule has 0 spiro atoms. The van der Waals surface area contributed by atoms with Crippen LogP contribution in [0.4, 0.5) is 26.3 Å². The Morgan fingerprint density at radius 2 is 1.62 bits per heavy atom. The number of nitrogens with zero attached hydrogens (tertiary/aromatic N) is 3. The van der Waals surface area contributed by atoms with Crippen LogP contribution in [0.15, 0.2) is 30.9 Å². The molecule has 0 saturated heterocycles. The number of hydrogen-bond donors (Lipinski definition) is 2. The van der Waals surface area contributed by atoms with Gasteiger partial charge in [-0.15, -0.1) is 0 Å². The maximum Gasteiger partial charge on any atom is 0.538 e. The fourth-order valence-corrected chi connectivity index (χ4v) is 4.91. The fraction of sp³-hybridized carbons (Fsp3) is 0.500. The van der Waals surface area contributed by atoms with E-state index in [0.717, 1.165) is 0 Å². The Morgan fingerprint density at radius 1 is 1.12 bits per heavy atom. The summed E-state index contributed by atoms with van der Waals surface area (Å²) in [6, 6.07) is 0. The number of carboxylic acid groups (broad SMARTS) is 1. The Bertz CT molecular complexity index is 1070. The molecule has 0 fully saturated rings. The minimum Gasteiger partial charge on any atom is -0.477 e. The monoisotopic (exact) mass is 516 g/mol. The van der Waals surface area contributed by atoms with Crippen molar-refractivity contribution < 1.29 is 61.0 Å². The van der Waals surface area contributed by atoms with Gasteiger partial charge in [0.15, 0.2) is 0 Å². The van der Waals surface area contributed by atoms with E-state index in [1.807, 2.05) is 6.92 Å². The topological polar surface area (TPSA) is 129 Å². The molecule has 0 unspecified atom stereocenters. The van der Waals surface area contributed by atoms with Crippen LogP contribution >= 0.6 is 0 Å². The van der Waals surface area contributed by atoms with Crippen LogP contribution in [-0.4, -0.2) is 59.3 Å². The number of hydrogen-bond acceptors (Lipinski definition) is 5. The maximum absolute atomic E-state index is 13.0. The third-order valence-electron chi connectivity index (χ3n) is 3.75. The van der Waals surface area contributed by atoms with Crippen LogP contribution in [0.5, 0.6) is 0 Å². The molecule has 1 aromatic rings. The molecule has 2 N–H and O–H groups in total. The Morgan fingerprint density at radius 3 is 2.00 bits per heavy atom. The molecular weight excluding hydrogens is 498 g/mol. The first-order valence-electron chi connectivity index (χ1n) is 8.39. The second-order valence-electron chi connectivity index (χ2n) is 5.99. The van der Waals surface area contributed by atoms with Gasteiger partial charge in [-0.3, -0.25) is 5.32 Å². The Kier molecular flexibility index (Phi) is 8.11. The van der Waals surface area contributed by atoms with E-state index >= 15 is 0 Å². The highest BCUT2D eigenvalue weighted by molar-refractivity contribution is 7.98. The molecule has 0 aliphatic heterocycles. The van der Waals surface area contributed by atoms with Crippen molar-refractivity contribution in [3.8, 4) is 0 Å². The molecule has 0 atom stereocenters. The van der Waals surface area contributed by atoms with Crippen molar-refractivity contribution in [3.63, 3.8) is 0 Å². The third-order valence-corrected chi connectivity index (χ3v) is 7.33. The number of halogens is 6. The summed E-state index contributed by atoms with van der Waals surface area (Å²) in [5.41, 5.74) is -14.7. The van der Waals surface area contributed by atoms with Crippen LogP contribution in [0.2, 0.25) is 0 Å². The largest absolute Gasteiger partial charge is 0.538 e. The molecule has 0 aliphatic rings. The number of rotatable bonds is 9. The molecule has 0 aliphatic carbocycles. The minimum absolute atomic E-state index is 0.0826. The molecule has 10 nitrogen and oxygen atoms in total. The average molecular weight is 516 g/mol. The number of nitrogens with one attached hydrogen (secondary N) is 1. The summed E-state index contributed by atoms with van der Waals surface area (Å²) in [5, 5.41) is 10.7. The zero-order valence-electron chi connectivity index (χ0n) is 16.2. The zero-order chi connectivity index (χ0) is 25.1. The van der Waals surface area contributed by atoms with Gasteiger partial charge in [0.25, 0.3) is 0 Å². The summed E-state index contributed by atoms with van der Waals surface area (Å²) in [5.74, 6) is -4.27. The number of sulfonamides is 2. The summed E-state index contributed by atoms with van der Waals surface area (Å²) >= 11 is 0. The molecule has 1 aromatic heterocycles. The van der Waals surface area contributed by atoms with Crippen molar-refractivity contribution in [2.75, 3.05) is 6.54 Å². The van der Waals surface area contributed by atoms with Crippen molar-refractivity contribution in [1.29, 1.82) is 0 Å². The van der Waals surface area contributed by atoms with Gasteiger partial charge in [0.05, 0.1) is 19.6 Å². The van der Waals surface area contributed by atoms with Crippen LogP contribution in [-0.2, 0) is 37.9 Å². The number of imidazole rings is 1. The van der Waals surface area contributed by atoms with Crippen LogP contribution in [0.1, 0.15) is 13.3 Å². The molecular formula is C14H18F6N4O6S2+2. The van der Waals surface area contributed by atoms with Gasteiger partial charge >= 0.3 is 42.9 Å². The number of alkyl halides is 6. The number of aliphatic carboxylic acids is 1. The molecule has 0 amide bonds. The number of aromatic nitrogens is 2. The summed E-state index contributed by atoms with van der Waals surface area (Å²) in [6.07, 6.45) is 4.76. The van der Waals surface area contributed by atoms with E-state index in [9.17, 15) is 48.0 Å². The molecule has 1 rings (SSSR count). The first-order valence-corrected chi connectivity index (χ1v) is 11.3. The Hall–Kier alpha value is -2.63. The maximum atomic E-state index is 13.0. The number of aryl methyl sites for hydroxylation is 2. The van der Waals surface area contributed by atoms with Crippen LogP contribution in [0, 0.1) is 0 Å². The molecule has 1 heterocycles. The highest BCUT2D eigenvalue weighted by atomic mass is 32.3. The van der Waals surface area contributed by atoms with Gasteiger partial charge in [0, 0.05) is 6.42 Å². The molecule has 0 radical (unpaired) electrons. The molecule has 0 aromatic carbocycles. The predicted molar refractivity (Wildman–Crippen MR) is 94.9 cm³/mol. The second kappa shape index (κ2) is 9.47. The number of amidine groups is 1. The van der Waals surface area contributed by atoms with E-state index in [1.165, 1.54) is 0 Å². The van der Waals surface area contributed by atoms with Crippen molar-refractivity contribution in [3.05, 3.63) is 30.9 Å². The lowest BCUT2D eigenvalue weighted by molar-refractivity contribution is -0.696. The van der Waals surface area contributed by atoms with Gasteiger partial charge in [-0.05, 0) is 10.3 Å². The minimum atomic E-state index is -7.25. The molecule has 182 valence electrons. The first-order chi connectivity index (χ1) is 14.4. The van der Waals surface area contributed by atoms with Crippen molar-refractivity contribution in [2.24, 2.45) is 0 Å². The lowest BCUT2D eigenvalue weighted by atomic mass is 10.2. The van der Waals surface area contributed by atoms with Gasteiger partial charge in [0.1, 0.15) is 18.0 Å². The first kappa shape index (κ1) is 27.4. The van der Waals surface area contributed by atoms with Crippen molar-refractivity contribution >= 4 is 31.9 Å².